The Morgan fingerprint density at radius 3 is 2.65 bits per heavy atom. The van der Waals surface area contributed by atoms with Crippen molar-refractivity contribution in [2.24, 2.45) is 0 Å². The summed E-state index contributed by atoms with van der Waals surface area (Å²) in [5.74, 6) is 0.697. The standard InChI is InChI=1S/C17H17N3O3/c1-23-15-7-5-13(6-8-15)16(11-21)20-17(22)19-14-4-2-3-12(9-14)10-18/h2-9,16,21H,11H2,1H3,(H2,19,20,22)/t16-/m1/s1. The summed E-state index contributed by atoms with van der Waals surface area (Å²) in [6.45, 7) is -0.238. The first-order valence-electron chi connectivity index (χ1n) is 6.98. The highest BCUT2D eigenvalue weighted by Crippen LogP contribution is 2.18. The summed E-state index contributed by atoms with van der Waals surface area (Å²) in [6, 6.07) is 14.6. The van der Waals surface area contributed by atoms with Gasteiger partial charge < -0.3 is 20.5 Å². The van der Waals surface area contributed by atoms with Crippen molar-refractivity contribution in [1.82, 2.24) is 5.32 Å². The highest BCUT2D eigenvalue weighted by Gasteiger charge is 2.14. The fourth-order valence-electron chi connectivity index (χ4n) is 2.06. The number of anilines is 1. The Balaban J connectivity index is 2.02. The van der Waals surface area contributed by atoms with Gasteiger partial charge in [0.2, 0.25) is 0 Å². The zero-order chi connectivity index (χ0) is 16.7. The normalized spacial score (nSPS) is 11.2. The number of urea groups is 1. The molecular formula is C17H17N3O3. The molecule has 2 aromatic carbocycles. The third-order valence-corrected chi connectivity index (χ3v) is 3.26. The van der Waals surface area contributed by atoms with E-state index in [-0.39, 0.29) is 6.61 Å². The van der Waals surface area contributed by atoms with Gasteiger partial charge in [0.05, 0.1) is 31.4 Å². The van der Waals surface area contributed by atoms with E-state index < -0.39 is 12.1 Å². The van der Waals surface area contributed by atoms with Gasteiger partial charge in [-0.25, -0.2) is 4.79 Å². The molecule has 0 fully saturated rings. The van der Waals surface area contributed by atoms with E-state index in [1.54, 1.807) is 55.6 Å². The summed E-state index contributed by atoms with van der Waals surface area (Å²) in [5.41, 5.74) is 1.72. The minimum atomic E-state index is -0.542. The zero-order valence-electron chi connectivity index (χ0n) is 12.6. The first kappa shape index (κ1) is 16.3. The van der Waals surface area contributed by atoms with E-state index >= 15 is 0 Å². The second-order valence-electron chi connectivity index (χ2n) is 4.80. The van der Waals surface area contributed by atoms with E-state index in [4.69, 9.17) is 10.00 Å². The summed E-state index contributed by atoms with van der Waals surface area (Å²) in [6.07, 6.45) is 0. The molecule has 0 unspecified atom stereocenters. The number of aliphatic hydroxyl groups is 1. The van der Waals surface area contributed by atoms with Gasteiger partial charge in [-0.2, -0.15) is 5.26 Å². The van der Waals surface area contributed by atoms with Crippen LogP contribution in [0.2, 0.25) is 0 Å². The molecule has 2 rings (SSSR count). The summed E-state index contributed by atoms with van der Waals surface area (Å²) < 4.78 is 5.08. The highest BCUT2D eigenvalue weighted by molar-refractivity contribution is 5.89. The van der Waals surface area contributed by atoms with Gasteiger partial charge in [-0.15, -0.1) is 0 Å². The van der Waals surface area contributed by atoms with Gasteiger partial charge in [-0.05, 0) is 35.9 Å². The molecule has 0 aliphatic carbocycles. The molecule has 0 aromatic heterocycles. The number of rotatable bonds is 5. The van der Waals surface area contributed by atoms with Crippen LogP contribution in [0.5, 0.6) is 5.75 Å². The summed E-state index contributed by atoms with van der Waals surface area (Å²) in [5, 5.41) is 23.7. The van der Waals surface area contributed by atoms with Crippen molar-refractivity contribution in [3.05, 3.63) is 59.7 Å². The molecule has 23 heavy (non-hydrogen) atoms. The van der Waals surface area contributed by atoms with Crippen LogP contribution in [0, 0.1) is 11.3 Å². The van der Waals surface area contributed by atoms with Crippen molar-refractivity contribution in [2.75, 3.05) is 19.0 Å². The lowest BCUT2D eigenvalue weighted by Crippen LogP contribution is -2.34. The molecule has 2 aromatic rings. The Bertz CT molecular complexity index is 708. The molecule has 0 aliphatic heterocycles. The van der Waals surface area contributed by atoms with Crippen molar-refractivity contribution >= 4 is 11.7 Å². The predicted octanol–water partition coefficient (Wildman–Crippen LogP) is 2.42. The first-order chi connectivity index (χ1) is 11.2. The lowest BCUT2D eigenvalue weighted by Gasteiger charge is -2.17. The minimum Gasteiger partial charge on any atom is -0.497 e. The van der Waals surface area contributed by atoms with Crippen LogP contribution >= 0.6 is 0 Å². The lowest BCUT2D eigenvalue weighted by molar-refractivity contribution is 0.225. The van der Waals surface area contributed by atoms with Gasteiger partial charge >= 0.3 is 6.03 Å². The van der Waals surface area contributed by atoms with Crippen molar-refractivity contribution in [1.29, 1.82) is 5.26 Å². The summed E-state index contributed by atoms with van der Waals surface area (Å²) in [7, 11) is 1.57. The molecule has 6 heteroatoms. The molecule has 6 nitrogen and oxygen atoms in total. The Hall–Kier alpha value is -3.04. The number of amides is 2. The van der Waals surface area contributed by atoms with Gasteiger partial charge in [-0.3, -0.25) is 0 Å². The number of nitriles is 1. The molecule has 1 atom stereocenters. The van der Waals surface area contributed by atoms with Crippen LogP contribution in [0.3, 0.4) is 0 Å². The second kappa shape index (κ2) is 7.82. The number of hydrogen-bond donors (Lipinski definition) is 3. The average molecular weight is 311 g/mol. The maximum atomic E-state index is 12.0. The number of benzene rings is 2. The number of carbonyl (C=O) groups excluding carboxylic acids is 1. The molecule has 0 saturated carbocycles. The highest BCUT2D eigenvalue weighted by atomic mass is 16.5. The minimum absolute atomic E-state index is 0.238. The van der Waals surface area contributed by atoms with Gasteiger partial charge in [-0.1, -0.05) is 18.2 Å². The van der Waals surface area contributed by atoms with Crippen LogP contribution in [0.25, 0.3) is 0 Å². The Labute approximate surface area is 134 Å². The van der Waals surface area contributed by atoms with Crippen LogP contribution in [-0.4, -0.2) is 24.9 Å². The lowest BCUT2D eigenvalue weighted by atomic mass is 10.1. The Kier molecular flexibility index (Phi) is 5.56. The van der Waals surface area contributed by atoms with Crippen LogP contribution in [-0.2, 0) is 0 Å². The largest absolute Gasteiger partial charge is 0.497 e. The van der Waals surface area contributed by atoms with Crippen LogP contribution in [0.1, 0.15) is 17.2 Å². The average Bonchev–Trinajstić information content (AvgIpc) is 2.60. The number of nitrogens with one attached hydrogen (secondary N) is 2. The number of carbonyl (C=O) groups is 1. The van der Waals surface area contributed by atoms with E-state index in [0.29, 0.717) is 17.0 Å². The smallest absolute Gasteiger partial charge is 0.319 e. The van der Waals surface area contributed by atoms with Crippen molar-refractivity contribution in [2.45, 2.75) is 6.04 Å². The van der Waals surface area contributed by atoms with Gasteiger partial charge in [0.25, 0.3) is 0 Å². The predicted molar refractivity (Wildman–Crippen MR) is 86.1 cm³/mol. The Morgan fingerprint density at radius 2 is 2.04 bits per heavy atom. The molecular weight excluding hydrogens is 294 g/mol. The quantitative estimate of drug-likeness (QED) is 0.790. The Morgan fingerprint density at radius 1 is 1.30 bits per heavy atom. The number of hydrogen-bond acceptors (Lipinski definition) is 4. The van der Waals surface area contributed by atoms with E-state index in [1.807, 2.05) is 6.07 Å². The number of methoxy groups -OCH3 is 1. The molecule has 3 N–H and O–H groups in total. The SMILES string of the molecule is COc1ccc([C@@H](CO)NC(=O)Nc2cccc(C#N)c2)cc1. The zero-order valence-corrected chi connectivity index (χ0v) is 12.6. The number of ether oxygens (including phenoxy) is 1. The van der Waals surface area contributed by atoms with E-state index in [2.05, 4.69) is 10.6 Å². The molecule has 0 spiro atoms. The van der Waals surface area contributed by atoms with Gasteiger partial charge in [0.1, 0.15) is 5.75 Å². The second-order valence-corrected chi connectivity index (χ2v) is 4.80. The molecule has 0 aliphatic rings. The first-order valence-corrected chi connectivity index (χ1v) is 6.98. The van der Waals surface area contributed by atoms with Crippen LogP contribution in [0.4, 0.5) is 10.5 Å². The molecule has 2 amide bonds. The van der Waals surface area contributed by atoms with E-state index in [9.17, 15) is 9.90 Å². The maximum absolute atomic E-state index is 12.0. The monoisotopic (exact) mass is 311 g/mol. The van der Waals surface area contributed by atoms with Crippen molar-refractivity contribution in [3.8, 4) is 11.8 Å². The number of nitrogens with zero attached hydrogens (tertiary/aromatic N) is 1. The van der Waals surface area contributed by atoms with Crippen molar-refractivity contribution in [3.63, 3.8) is 0 Å². The fourth-order valence-corrected chi connectivity index (χ4v) is 2.06. The number of aliphatic hydroxyl groups excluding tert-OH is 1. The molecule has 118 valence electrons. The summed E-state index contributed by atoms with van der Waals surface area (Å²) >= 11 is 0. The van der Waals surface area contributed by atoms with Gasteiger partial charge in [0, 0.05) is 5.69 Å². The van der Waals surface area contributed by atoms with Crippen molar-refractivity contribution < 1.29 is 14.6 Å². The van der Waals surface area contributed by atoms with E-state index in [1.165, 1.54) is 0 Å². The molecule has 0 heterocycles. The molecule has 0 radical (unpaired) electrons. The van der Waals surface area contributed by atoms with E-state index in [0.717, 1.165) is 5.56 Å². The fraction of sp³-hybridized carbons (Fsp3) is 0.176. The summed E-state index contributed by atoms with van der Waals surface area (Å²) in [4.78, 5) is 12.0. The molecule has 0 bridgehead atoms. The topological polar surface area (TPSA) is 94.4 Å². The third kappa shape index (κ3) is 4.46. The molecule has 0 saturated heterocycles. The maximum Gasteiger partial charge on any atom is 0.319 e. The van der Waals surface area contributed by atoms with Crippen LogP contribution < -0.4 is 15.4 Å². The van der Waals surface area contributed by atoms with Crippen LogP contribution in [0.15, 0.2) is 48.5 Å². The third-order valence-electron chi connectivity index (χ3n) is 3.26. The van der Waals surface area contributed by atoms with Gasteiger partial charge in [0.15, 0.2) is 0 Å².